The number of hydrogen-bond acceptors (Lipinski definition) is 5. The normalized spacial score (nSPS) is 10.4. The molecule has 1 aromatic heterocycles. The average Bonchev–Trinajstić information content (AvgIpc) is 2.62. The van der Waals surface area contributed by atoms with Gasteiger partial charge in [-0.25, -0.2) is 4.98 Å². The summed E-state index contributed by atoms with van der Waals surface area (Å²) in [5, 5.41) is 8.18. The zero-order valence-corrected chi connectivity index (χ0v) is 13.4. The van der Waals surface area contributed by atoms with Gasteiger partial charge < -0.3 is 9.47 Å². The van der Waals surface area contributed by atoms with Crippen LogP contribution in [0.3, 0.4) is 0 Å². The molecule has 0 aliphatic rings. The van der Waals surface area contributed by atoms with Crippen molar-refractivity contribution < 1.29 is 9.47 Å². The smallest absolute Gasteiger partial charge is 0.243 e. The van der Waals surface area contributed by atoms with Gasteiger partial charge in [0.15, 0.2) is 0 Å². The summed E-state index contributed by atoms with van der Waals surface area (Å²) >= 11 is 5.93. The highest BCUT2D eigenvalue weighted by molar-refractivity contribution is 6.28. The van der Waals surface area contributed by atoms with Crippen LogP contribution in [0.25, 0.3) is 22.5 Å². The second-order valence-corrected chi connectivity index (χ2v) is 5.07. The van der Waals surface area contributed by atoms with Gasteiger partial charge in [0.05, 0.1) is 14.2 Å². The third kappa shape index (κ3) is 3.24. The van der Waals surface area contributed by atoms with E-state index in [2.05, 4.69) is 15.2 Å². The van der Waals surface area contributed by atoms with E-state index in [1.165, 1.54) is 0 Å². The number of rotatable bonds is 4. The van der Waals surface area contributed by atoms with E-state index in [4.69, 9.17) is 21.1 Å². The van der Waals surface area contributed by atoms with Gasteiger partial charge >= 0.3 is 0 Å². The number of methoxy groups -OCH3 is 2. The molecule has 0 spiro atoms. The van der Waals surface area contributed by atoms with Gasteiger partial charge in [0.2, 0.25) is 5.28 Å². The summed E-state index contributed by atoms with van der Waals surface area (Å²) in [5.41, 5.74) is 3.08. The zero-order chi connectivity index (χ0) is 16.2. The highest BCUT2D eigenvalue weighted by atomic mass is 35.5. The predicted octanol–water partition coefficient (Wildman–Crippen LogP) is 3.88. The highest BCUT2D eigenvalue weighted by Gasteiger charge is 2.13. The van der Waals surface area contributed by atoms with Gasteiger partial charge in [-0.3, -0.25) is 0 Å². The van der Waals surface area contributed by atoms with Crippen molar-refractivity contribution >= 4 is 11.6 Å². The number of nitrogens with zero attached hydrogens (tertiary/aromatic N) is 3. The Labute approximate surface area is 138 Å². The van der Waals surface area contributed by atoms with Crippen molar-refractivity contribution in [1.82, 2.24) is 15.2 Å². The molecule has 0 bridgehead atoms. The maximum atomic E-state index is 5.93. The van der Waals surface area contributed by atoms with Gasteiger partial charge in [0.1, 0.15) is 22.9 Å². The van der Waals surface area contributed by atoms with Crippen LogP contribution in [0.1, 0.15) is 0 Å². The molecule has 0 saturated carbocycles. The number of benzene rings is 2. The molecule has 0 fully saturated rings. The Morgan fingerprint density at radius 3 is 1.65 bits per heavy atom. The lowest BCUT2D eigenvalue weighted by molar-refractivity contribution is 0.414. The molecule has 0 N–H and O–H groups in total. The standard InChI is InChI=1S/C17H14ClN3O2/c1-22-13-7-3-11(4-8-13)15-16(20-21-17(18)19-15)12-5-9-14(23-2)10-6-12/h3-10H,1-2H3. The molecule has 3 rings (SSSR count). The fourth-order valence-corrected chi connectivity index (χ4v) is 2.32. The Morgan fingerprint density at radius 2 is 1.17 bits per heavy atom. The molecule has 6 heteroatoms. The van der Waals surface area contributed by atoms with Gasteiger partial charge in [0.25, 0.3) is 0 Å². The van der Waals surface area contributed by atoms with Crippen LogP contribution in [0.2, 0.25) is 5.28 Å². The van der Waals surface area contributed by atoms with Gasteiger partial charge in [-0.15, -0.1) is 10.2 Å². The maximum Gasteiger partial charge on any atom is 0.243 e. The van der Waals surface area contributed by atoms with E-state index in [1.54, 1.807) is 14.2 Å². The van der Waals surface area contributed by atoms with Crippen LogP contribution in [0.15, 0.2) is 48.5 Å². The Bertz CT molecular complexity index is 805. The molecule has 0 aliphatic carbocycles. The van der Waals surface area contributed by atoms with Crippen molar-refractivity contribution in [2.75, 3.05) is 14.2 Å². The Balaban J connectivity index is 2.09. The van der Waals surface area contributed by atoms with E-state index < -0.39 is 0 Å². The minimum atomic E-state index is 0.105. The quantitative estimate of drug-likeness (QED) is 0.728. The molecular formula is C17H14ClN3O2. The number of ether oxygens (including phenoxy) is 2. The van der Waals surface area contributed by atoms with Crippen LogP contribution in [0, 0.1) is 0 Å². The van der Waals surface area contributed by atoms with Crippen molar-refractivity contribution in [2.45, 2.75) is 0 Å². The first-order valence-corrected chi connectivity index (χ1v) is 7.28. The molecule has 2 aromatic carbocycles. The molecule has 0 amide bonds. The molecule has 1 heterocycles. The second kappa shape index (κ2) is 6.62. The topological polar surface area (TPSA) is 57.1 Å². The minimum Gasteiger partial charge on any atom is -0.497 e. The number of hydrogen-bond donors (Lipinski definition) is 0. The SMILES string of the molecule is COc1ccc(-c2nnc(Cl)nc2-c2ccc(OC)cc2)cc1. The molecule has 0 aliphatic heterocycles. The lowest BCUT2D eigenvalue weighted by Gasteiger charge is -2.09. The van der Waals surface area contributed by atoms with Crippen LogP contribution in [0.4, 0.5) is 0 Å². The molecule has 116 valence electrons. The fraction of sp³-hybridized carbons (Fsp3) is 0.118. The number of aromatic nitrogens is 3. The van der Waals surface area contributed by atoms with Crippen LogP contribution in [-0.4, -0.2) is 29.4 Å². The van der Waals surface area contributed by atoms with Gasteiger partial charge in [-0.05, 0) is 60.1 Å². The zero-order valence-electron chi connectivity index (χ0n) is 12.7. The lowest BCUT2D eigenvalue weighted by atomic mass is 10.0. The van der Waals surface area contributed by atoms with Crippen LogP contribution >= 0.6 is 11.6 Å². The Hall–Kier alpha value is -2.66. The first-order valence-electron chi connectivity index (χ1n) is 6.90. The molecule has 5 nitrogen and oxygen atoms in total. The Kier molecular flexibility index (Phi) is 4.39. The molecule has 0 radical (unpaired) electrons. The van der Waals surface area contributed by atoms with Crippen LogP contribution < -0.4 is 9.47 Å². The number of halogens is 1. The van der Waals surface area contributed by atoms with E-state index in [-0.39, 0.29) is 5.28 Å². The van der Waals surface area contributed by atoms with E-state index in [0.717, 1.165) is 22.6 Å². The van der Waals surface area contributed by atoms with E-state index in [9.17, 15) is 0 Å². The molecule has 0 unspecified atom stereocenters. The Morgan fingerprint density at radius 1 is 0.696 bits per heavy atom. The summed E-state index contributed by atoms with van der Waals surface area (Å²) in [5.74, 6) is 1.54. The largest absolute Gasteiger partial charge is 0.497 e. The first kappa shape index (κ1) is 15.2. The summed E-state index contributed by atoms with van der Waals surface area (Å²) < 4.78 is 10.4. The van der Waals surface area contributed by atoms with E-state index >= 15 is 0 Å². The molecule has 3 aromatic rings. The van der Waals surface area contributed by atoms with Gasteiger partial charge in [-0.2, -0.15) is 0 Å². The summed E-state index contributed by atoms with van der Waals surface area (Å²) in [7, 11) is 3.25. The molecule has 0 saturated heterocycles. The minimum absolute atomic E-state index is 0.105. The second-order valence-electron chi connectivity index (χ2n) is 4.74. The summed E-state index contributed by atoms with van der Waals surface area (Å²) in [4.78, 5) is 4.34. The molecule has 23 heavy (non-hydrogen) atoms. The highest BCUT2D eigenvalue weighted by Crippen LogP contribution is 2.30. The summed E-state index contributed by atoms with van der Waals surface area (Å²) in [6.45, 7) is 0. The molecular weight excluding hydrogens is 314 g/mol. The third-order valence-electron chi connectivity index (χ3n) is 3.39. The average molecular weight is 328 g/mol. The van der Waals surface area contributed by atoms with Crippen molar-refractivity contribution in [3.63, 3.8) is 0 Å². The lowest BCUT2D eigenvalue weighted by Crippen LogP contribution is -1.97. The van der Waals surface area contributed by atoms with Crippen LogP contribution in [-0.2, 0) is 0 Å². The monoisotopic (exact) mass is 327 g/mol. The van der Waals surface area contributed by atoms with Crippen LogP contribution in [0.5, 0.6) is 11.5 Å². The van der Waals surface area contributed by atoms with Gasteiger partial charge in [-0.1, -0.05) is 0 Å². The van der Waals surface area contributed by atoms with Crippen molar-refractivity contribution in [1.29, 1.82) is 0 Å². The van der Waals surface area contributed by atoms with E-state index in [1.807, 2.05) is 48.5 Å². The van der Waals surface area contributed by atoms with Gasteiger partial charge in [0, 0.05) is 11.1 Å². The molecule has 0 atom stereocenters. The maximum absolute atomic E-state index is 5.93. The fourth-order valence-electron chi connectivity index (χ4n) is 2.20. The summed E-state index contributed by atoms with van der Waals surface area (Å²) in [6.07, 6.45) is 0. The van der Waals surface area contributed by atoms with Crippen molar-refractivity contribution in [3.05, 3.63) is 53.8 Å². The van der Waals surface area contributed by atoms with E-state index in [0.29, 0.717) is 11.4 Å². The van der Waals surface area contributed by atoms with Crippen molar-refractivity contribution in [2.24, 2.45) is 0 Å². The summed E-state index contributed by atoms with van der Waals surface area (Å²) in [6, 6.07) is 15.1. The van der Waals surface area contributed by atoms with Crippen molar-refractivity contribution in [3.8, 4) is 34.0 Å². The first-order chi connectivity index (χ1) is 11.2. The predicted molar refractivity (Wildman–Crippen MR) is 88.8 cm³/mol. The third-order valence-corrected chi connectivity index (χ3v) is 3.55.